The Morgan fingerprint density at radius 3 is 2.40 bits per heavy atom. The first kappa shape index (κ1) is 13.7. The largest absolute Gasteiger partial charge is 0.378 e. The number of benzene rings is 2. The molecular weight excluding hydrogens is 310 g/mol. The summed E-state index contributed by atoms with van der Waals surface area (Å²) in [7, 11) is 0. The Kier molecular flexibility index (Phi) is 3.37. The number of hydrogen-bond acceptors (Lipinski definition) is 1. The molecule has 0 saturated carbocycles. The lowest BCUT2D eigenvalue weighted by Crippen LogP contribution is -2.12. The summed E-state index contributed by atoms with van der Waals surface area (Å²) in [4.78, 5) is 0. The van der Waals surface area contributed by atoms with Gasteiger partial charge in [-0.2, -0.15) is 0 Å². The summed E-state index contributed by atoms with van der Waals surface area (Å²) in [6, 6.07) is 15.9. The van der Waals surface area contributed by atoms with Gasteiger partial charge in [-0.1, -0.05) is 61.0 Å². The van der Waals surface area contributed by atoms with Gasteiger partial charge in [0.05, 0.1) is 6.04 Å². The van der Waals surface area contributed by atoms with Crippen molar-refractivity contribution in [2.75, 3.05) is 5.32 Å². The second kappa shape index (κ2) is 4.92. The van der Waals surface area contributed by atoms with Gasteiger partial charge in [-0.15, -0.1) is 0 Å². The first-order valence-electron chi connectivity index (χ1n) is 7.09. The minimum Gasteiger partial charge on any atom is -0.378 e. The zero-order valence-electron chi connectivity index (χ0n) is 12.2. The molecule has 1 aliphatic heterocycles. The Bertz CT molecular complexity index is 623. The van der Waals surface area contributed by atoms with Gasteiger partial charge in [-0.05, 0) is 46.7 Å². The number of anilines is 1. The smallest absolute Gasteiger partial charge is 0.0555 e. The monoisotopic (exact) mass is 329 g/mol. The minimum atomic E-state index is 0.218. The molecule has 0 aliphatic carbocycles. The van der Waals surface area contributed by atoms with Crippen molar-refractivity contribution in [1.82, 2.24) is 0 Å². The van der Waals surface area contributed by atoms with Crippen LogP contribution in [0.2, 0.25) is 0 Å². The number of hydrogen-bond donors (Lipinski definition) is 1. The zero-order valence-corrected chi connectivity index (χ0v) is 13.8. The molecule has 0 saturated heterocycles. The lowest BCUT2D eigenvalue weighted by molar-refractivity contribution is 0.589. The molecular formula is C18H20BrN. The quantitative estimate of drug-likeness (QED) is 0.732. The number of rotatable bonds is 1. The zero-order chi connectivity index (χ0) is 14.3. The van der Waals surface area contributed by atoms with Crippen LogP contribution in [0.5, 0.6) is 0 Å². The summed E-state index contributed by atoms with van der Waals surface area (Å²) in [5, 5.41) is 3.62. The van der Waals surface area contributed by atoms with Gasteiger partial charge in [-0.3, -0.25) is 0 Å². The van der Waals surface area contributed by atoms with E-state index in [0.29, 0.717) is 6.04 Å². The Balaban J connectivity index is 1.83. The van der Waals surface area contributed by atoms with E-state index in [9.17, 15) is 0 Å². The van der Waals surface area contributed by atoms with Gasteiger partial charge < -0.3 is 5.32 Å². The lowest BCUT2D eigenvalue weighted by Gasteiger charge is -2.20. The van der Waals surface area contributed by atoms with Crippen LogP contribution in [0.15, 0.2) is 46.9 Å². The summed E-state index contributed by atoms with van der Waals surface area (Å²) < 4.78 is 1.15. The highest BCUT2D eigenvalue weighted by Crippen LogP contribution is 2.36. The predicted octanol–water partition coefficient (Wildman–Crippen LogP) is 5.46. The average Bonchev–Trinajstić information content (AvgIpc) is 2.80. The second-order valence-electron chi connectivity index (χ2n) is 6.57. The first-order valence-corrected chi connectivity index (χ1v) is 7.88. The maximum atomic E-state index is 3.62. The molecule has 3 rings (SSSR count). The Hall–Kier alpha value is -1.28. The van der Waals surface area contributed by atoms with Crippen molar-refractivity contribution in [1.29, 1.82) is 0 Å². The fourth-order valence-corrected chi connectivity index (χ4v) is 3.16. The normalized spacial score (nSPS) is 17.7. The Morgan fingerprint density at radius 1 is 1.05 bits per heavy atom. The van der Waals surface area contributed by atoms with Gasteiger partial charge in [0.15, 0.2) is 0 Å². The Morgan fingerprint density at radius 2 is 1.75 bits per heavy atom. The van der Waals surface area contributed by atoms with E-state index in [1.165, 1.54) is 22.4 Å². The van der Waals surface area contributed by atoms with Crippen LogP contribution in [0.3, 0.4) is 0 Å². The second-order valence-corrected chi connectivity index (χ2v) is 7.49. The molecule has 1 unspecified atom stereocenters. The van der Waals surface area contributed by atoms with Gasteiger partial charge in [0, 0.05) is 10.2 Å². The van der Waals surface area contributed by atoms with Crippen molar-refractivity contribution < 1.29 is 0 Å². The molecule has 0 aromatic heterocycles. The van der Waals surface area contributed by atoms with Crippen molar-refractivity contribution in [2.45, 2.75) is 38.6 Å². The van der Waals surface area contributed by atoms with Gasteiger partial charge in [0.25, 0.3) is 0 Å². The van der Waals surface area contributed by atoms with Crippen molar-refractivity contribution in [2.24, 2.45) is 0 Å². The van der Waals surface area contributed by atoms with E-state index in [1.807, 2.05) is 0 Å². The van der Waals surface area contributed by atoms with Crippen LogP contribution in [0.1, 0.15) is 43.5 Å². The third-order valence-corrected chi connectivity index (χ3v) is 4.49. The molecule has 0 bridgehead atoms. The molecule has 0 fully saturated rings. The number of fused-ring (bicyclic) bond motifs is 1. The summed E-state index contributed by atoms with van der Waals surface area (Å²) >= 11 is 3.54. The third-order valence-electron chi connectivity index (χ3n) is 4.00. The van der Waals surface area contributed by atoms with E-state index in [0.717, 1.165) is 10.9 Å². The van der Waals surface area contributed by atoms with E-state index in [2.05, 4.69) is 84.5 Å². The molecule has 104 valence electrons. The van der Waals surface area contributed by atoms with Crippen LogP contribution >= 0.6 is 15.9 Å². The van der Waals surface area contributed by atoms with Crippen molar-refractivity contribution >= 4 is 21.6 Å². The molecule has 0 radical (unpaired) electrons. The molecule has 1 nitrogen and oxygen atoms in total. The van der Waals surface area contributed by atoms with Crippen LogP contribution in [0.4, 0.5) is 5.69 Å². The average molecular weight is 330 g/mol. The van der Waals surface area contributed by atoms with Gasteiger partial charge >= 0.3 is 0 Å². The number of nitrogens with one attached hydrogen (secondary N) is 1. The minimum absolute atomic E-state index is 0.218. The molecule has 1 N–H and O–H groups in total. The topological polar surface area (TPSA) is 12.0 Å². The molecule has 1 heterocycles. The van der Waals surface area contributed by atoms with E-state index in [4.69, 9.17) is 0 Å². The summed E-state index contributed by atoms with van der Waals surface area (Å²) in [6.45, 7) is 6.76. The van der Waals surface area contributed by atoms with Crippen molar-refractivity contribution in [3.8, 4) is 0 Å². The van der Waals surface area contributed by atoms with Gasteiger partial charge in [0.2, 0.25) is 0 Å². The fourth-order valence-electron chi connectivity index (χ4n) is 2.75. The van der Waals surface area contributed by atoms with E-state index >= 15 is 0 Å². The van der Waals surface area contributed by atoms with E-state index in [1.54, 1.807) is 0 Å². The number of halogens is 1. The highest BCUT2D eigenvalue weighted by molar-refractivity contribution is 9.10. The maximum Gasteiger partial charge on any atom is 0.0555 e. The van der Waals surface area contributed by atoms with Crippen LogP contribution in [0, 0.1) is 0 Å². The molecule has 0 spiro atoms. The third kappa shape index (κ3) is 2.62. The first-order chi connectivity index (χ1) is 9.43. The summed E-state index contributed by atoms with van der Waals surface area (Å²) in [6.07, 6.45) is 1.06. The molecule has 1 aliphatic rings. The standard InChI is InChI=1S/C18H20BrN/c1-18(2,3)14-6-4-12(5-7-14)17-11-13-10-15(19)8-9-16(13)20-17/h4-10,17,20H,11H2,1-3H3. The van der Waals surface area contributed by atoms with Crippen LogP contribution in [-0.4, -0.2) is 0 Å². The van der Waals surface area contributed by atoms with E-state index < -0.39 is 0 Å². The summed E-state index contributed by atoms with van der Waals surface area (Å²) in [5.74, 6) is 0. The fraction of sp³-hybridized carbons (Fsp3) is 0.333. The van der Waals surface area contributed by atoms with E-state index in [-0.39, 0.29) is 5.41 Å². The van der Waals surface area contributed by atoms with Gasteiger partial charge in [0.1, 0.15) is 0 Å². The highest BCUT2D eigenvalue weighted by Gasteiger charge is 2.22. The Labute approximate surface area is 129 Å². The molecule has 2 aromatic rings. The van der Waals surface area contributed by atoms with Gasteiger partial charge in [-0.25, -0.2) is 0 Å². The lowest BCUT2D eigenvalue weighted by atomic mass is 9.86. The maximum absolute atomic E-state index is 3.62. The predicted molar refractivity (Wildman–Crippen MR) is 89.4 cm³/mol. The molecule has 2 heteroatoms. The SMILES string of the molecule is CC(C)(C)c1ccc(C2Cc3cc(Br)ccc3N2)cc1. The van der Waals surface area contributed by atoms with Crippen LogP contribution in [-0.2, 0) is 11.8 Å². The molecule has 0 amide bonds. The summed E-state index contributed by atoms with van der Waals surface area (Å²) in [5.41, 5.74) is 5.63. The molecule has 1 atom stereocenters. The highest BCUT2D eigenvalue weighted by atomic mass is 79.9. The van der Waals surface area contributed by atoms with Crippen molar-refractivity contribution in [3.63, 3.8) is 0 Å². The van der Waals surface area contributed by atoms with Crippen LogP contribution in [0.25, 0.3) is 0 Å². The van der Waals surface area contributed by atoms with Crippen molar-refractivity contribution in [3.05, 3.63) is 63.6 Å². The molecule has 20 heavy (non-hydrogen) atoms. The van der Waals surface area contributed by atoms with Crippen LogP contribution < -0.4 is 5.32 Å². The molecule has 2 aromatic carbocycles.